The van der Waals surface area contributed by atoms with Crippen molar-refractivity contribution in [2.75, 3.05) is 13.6 Å². The second kappa shape index (κ2) is 3.38. The van der Waals surface area contributed by atoms with Crippen molar-refractivity contribution in [2.24, 2.45) is 0 Å². The molecule has 0 radical (unpaired) electrons. The Kier molecular flexibility index (Phi) is 2.03. The summed E-state index contributed by atoms with van der Waals surface area (Å²) in [6.45, 7) is 2.30. The van der Waals surface area contributed by atoms with E-state index >= 15 is 0 Å². The Morgan fingerprint density at radius 3 is 3.13 bits per heavy atom. The molecule has 0 bridgehead atoms. The van der Waals surface area contributed by atoms with E-state index in [1.165, 1.54) is 41.4 Å². The number of H-pyrrole nitrogens is 1. The van der Waals surface area contributed by atoms with E-state index in [4.69, 9.17) is 0 Å². The molecule has 1 N–H and O–H groups in total. The molecule has 2 heterocycles. The summed E-state index contributed by atoms with van der Waals surface area (Å²) in [4.78, 5) is 5.70. The summed E-state index contributed by atoms with van der Waals surface area (Å²) in [5.74, 6) is 0. The van der Waals surface area contributed by atoms with Gasteiger partial charge in [-0.2, -0.15) is 0 Å². The number of benzene rings is 1. The molecule has 1 aliphatic rings. The van der Waals surface area contributed by atoms with Crippen molar-refractivity contribution in [3.63, 3.8) is 0 Å². The largest absolute Gasteiger partial charge is 0.361 e. The molecule has 1 aromatic heterocycles. The van der Waals surface area contributed by atoms with Crippen molar-refractivity contribution in [1.29, 1.82) is 0 Å². The topological polar surface area (TPSA) is 19.0 Å². The molecule has 0 spiro atoms. The number of hydrogen-bond acceptors (Lipinski definition) is 1. The van der Waals surface area contributed by atoms with Crippen molar-refractivity contribution in [1.82, 2.24) is 9.88 Å². The van der Waals surface area contributed by atoms with E-state index in [0.29, 0.717) is 0 Å². The van der Waals surface area contributed by atoms with Crippen molar-refractivity contribution in [3.8, 4) is 0 Å². The summed E-state index contributed by atoms with van der Waals surface area (Å²) >= 11 is 0. The summed E-state index contributed by atoms with van der Waals surface area (Å²) in [6, 6.07) is 6.69. The maximum atomic E-state index is 3.29. The van der Waals surface area contributed by atoms with E-state index in [0.717, 1.165) is 6.54 Å². The van der Waals surface area contributed by atoms with Gasteiger partial charge < -0.3 is 9.88 Å². The monoisotopic (exact) mass is 200 g/mol. The number of aromatic amines is 1. The van der Waals surface area contributed by atoms with Crippen LogP contribution in [0.2, 0.25) is 0 Å². The minimum atomic E-state index is 1.09. The molecule has 0 aliphatic carbocycles. The van der Waals surface area contributed by atoms with Gasteiger partial charge in [0.1, 0.15) is 0 Å². The second-order valence-electron chi connectivity index (χ2n) is 4.48. The van der Waals surface area contributed by atoms with Gasteiger partial charge in [0.05, 0.1) is 0 Å². The van der Waals surface area contributed by atoms with E-state index in [1.807, 2.05) is 6.20 Å². The van der Waals surface area contributed by atoms with Crippen molar-refractivity contribution < 1.29 is 0 Å². The fourth-order valence-corrected chi connectivity index (χ4v) is 2.55. The van der Waals surface area contributed by atoms with Gasteiger partial charge in [-0.1, -0.05) is 6.07 Å². The molecule has 0 fully saturated rings. The zero-order chi connectivity index (χ0) is 10.3. The molecule has 3 rings (SSSR count). The molecule has 0 unspecified atom stereocenters. The summed E-state index contributed by atoms with van der Waals surface area (Å²) in [5.41, 5.74) is 4.32. The molecule has 0 saturated carbocycles. The van der Waals surface area contributed by atoms with Crippen molar-refractivity contribution in [2.45, 2.75) is 19.4 Å². The highest BCUT2D eigenvalue weighted by atomic mass is 15.1. The third-order valence-electron chi connectivity index (χ3n) is 3.36. The SMILES string of the molecule is CN1CCCc2ccc3[nH]ccc3c2C1. The number of nitrogens with zero attached hydrogens (tertiary/aromatic N) is 1. The molecular formula is C13H16N2. The molecule has 2 nitrogen and oxygen atoms in total. The Labute approximate surface area is 89.9 Å². The van der Waals surface area contributed by atoms with Crippen molar-refractivity contribution >= 4 is 10.9 Å². The average molecular weight is 200 g/mol. The lowest BCUT2D eigenvalue weighted by molar-refractivity contribution is 0.333. The molecule has 15 heavy (non-hydrogen) atoms. The van der Waals surface area contributed by atoms with Crippen LogP contribution in [0.1, 0.15) is 17.5 Å². The van der Waals surface area contributed by atoms with Crippen LogP contribution >= 0.6 is 0 Å². The van der Waals surface area contributed by atoms with Gasteiger partial charge in [-0.25, -0.2) is 0 Å². The van der Waals surface area contributed by atoms with Gasteiger partial charge in [-0.15, -0.1) is 0 Å². The molecule has 2 aromatic rings. The fourth-order valence-electron chi connectivity index (χ4n) is 2.55. The van der Waals surface area contributed by atoms with Crippen LogP contribution in [0, 0.1) is 0 Å². The first-order valence-corrected chi connectivity index (χ1v) is 5.61. The van der Waals surface area contributed by atoms with Crippen LogP contribution < -0.4 is 0 Å². The van der Waals surface area contributed by atoms with E-state index in [1.54, 1.807) is 0 Å². The number of fused-ring (bicyclic) bond motifs is 3. The number of hydrogen-bond donors (Lipinski definition) is 1. The van der Waals surface area contributed by atoms with Crippen LogP contribution in [0.25, 0.3) is 10.9 Å². The Morgan fingerprint density at radius 2 is 2.20 bits per heavy atom. The maximum Gasteiger partial charge on any atom is 0.0457 e. The molecule has 2 heteroatoms. The summed E-state index contributed by atoms with van der Waals surface area (Å²) in [6.07, 6.45) is 4.54. The van der Waals surface area contributed by atoms with E-state index in [-0.39, 0.29) is 0 Å². The number of aryl methyl sites for hydroxylation is 1. The van der Waals surface area contributed by atoms with Crippen LogP contribution in [-0.2, 0) is 13.0 Å². The summed E-state index contributed by atoms with van der Waals surface area (Å²) in [5, 5.41) is 1.40. The lowest BCUT2D eigenvalue weighted by Crippen LogP contribution is -2.17. The minimum absolute atomic E-state index is 1.09. The number of rotatable bonds is 0. The first-order valence-electron chi connectivity index (χ1n) is 5.61. The van der Waals surface area contributed by atoms with E-state index < -0.39 is 0 Å². The van der Waals surface area contributed by atoms with Crippen LogP contribution in [0.3, 0.4) is 0 Å². The predicted molar refractivity (Wildman–Crippen MR) is 63.0 cm³/mol. The highest BCUT2D eigenvalue weighted by Crippen LogP contribution is 2.26. The average Bonchev–Trinajstić information content (AvgIpc) is 2.61. The van der Waals surface area contributed by atoms with Gasteiger partial charge in [0, 0.05) is 23.6 Å². The van der Waals surface area contributed by atoms with Gasteiger partial charge in [0.25, 0.3) is 0 Å². The van der Waals surface area contributed by atoms with Crippen LogP contribution in [-0.4, -0.2) is 23.5 Å². The van der Waals surface area contributed by atoms with Gasteiger partial charge >= 0.3 is 0 Å². The van der Waals surface area contributed by atoms with E-state index in [2.05, 4.69) is 35.1 Å². The summed E-state index contributed by atoms with van der Waals surface area (Å²) < 4.78 is 0. The third kappa shape index (κ3) is 1.45. The Balaban J connectivity index is 2.22. The first-order chi connectivity index (χ1) is 7.34. The number of nitrogens with one attached hydrogen (secondary N) is 1. The second-order valence-corrected chi connectivity index (χ2v) is 4.48. The van der Waals surface area contributed by atoms with Gasteiger partial charge in [0.2, 0.25) is 0 Å². The molecule has 0 amide bonds. The molecule has 1 aliphatic heterocycles. The van der Waals surface area contributed by atoms with Gasteiger partial charge in [0.15, 0.2) is 0 Å². The maximum absolute atomic E-state index is 3.29. The molecule has 78 valence electrons. The van der Waals surface area contributed by atoms with Crippen LogP contribution in [0.4, 0.5) is 0 Å². The Bertz CT molecular complexity index is 484. The minimum Gasteiger partial charge on any atom is -0.361 e. The molecular weight excluding hydrogens is 184 g/mol. The fraction of sp³-hybridized carbons (Fsp3) is 0.385. The normalized spacial score (nSPS) is 17.7. The van der Waals surface area contributed by atoms with Crippen LogP contribution in [0.15, 0.2) is 24.4 Å². The van der Waals surface area contributed by atoms with E-state index in [9.17, 15) is 0 Å². The van der Waals surface area contributed by atoms with Gasteiger partial charge in [-0.05, 0) is 49.7 Å². The first kappa shape index (κ1) is 8.98. The highest BCUT2D eigenvalue weighted by molar-refractivity contribution is 5.84. The molecule has 0 atom stereocenters. The molecule has 0 saturated heterocycles. The molecule has 1 aromatic carbocycles. The smallest absolute Gasteiger partial charge is 0.0457 e. The van der Waals surface area contributed by atoms with Crippen LogP contribution in [0.5, 0.6) is 0 Å². The van der Waals surface area contributed by atoms with Gasteiger partial charge in [-0.3, -0.25) is 0 Å². The Morgan fingerprint density at radius 1 is 1.27 bits per heavy atom. The lowest BCUT2D eigenvalue weighted by atomic mass is 10.0. The lowest BCUT2D eigenvalue weighted by Gasteiger charge is -2.14. The highest BCUT2D eigenvalue weighted by Gasteiger charge is 2.14. The third-order valence-corrected chi connectivity index (χ3v) is 3.36. The van der Waals surface area contributed by atoms with Crippen molar-refractivity contribution in [3.05, 3.63) is 35.5 Å². The summed E-state index contributed by atoms with van der Waals surface area (Å²) in [7, 11) is 2.21. The quantitative estimate of drug-likeness (QED) is 0.692. The Hall–Kier alpha value is -1.28. The predicted octanol–water partition coefficient (Wildman–Crippen LogP) is 2.55. The zero-order valence-electron chi connectivity index (χ0n) is 9.09. The standard InChI is InChI=1S/C13H16N2/c1-15-8-2-3-10-4-5-13-11(6-7-14-13)12(10)9-15/h4-7,14H,2-3,8-9H2,1H3. The number of aromatic nitrogens is 1. The zero-order valence-corrected chi connectivity index (χ0v) is 9.09.